The molecule has 0 radical (unpaired) electrons. The fourth-order valence-corrected chi connectivity index (χ4v) is 2.76. The highest BCUT2D eigenvalue weighted by Crippen LogP contribution is 2.17. The quantitative estimate of drug-likeness (QED) is 0.663. The highest BCUT2D eigenvalue weighted by molar-refractivity contribution is 5.76. The molecule has 0 spiro atoms. The molecule has 0 saturated heterocycles. The Morgan fingerprint density at radius 2 is 1.96 bits per heavy atom. The van der Waals surface area contributed by atoms with Crippen molar-refractivity contribution in [1.82, 2.24) is 20.1 Å². The van der Waals surface area contributed by atoms with E-state index in [4.69, 9.17) is 4.74 Å². The number of rotatable bonds is 7. The second-order valence-corrected chi connectivity index (χ2v) is 6.02. The van der Waals surface area contributed by atoms with Crippen molar-refractivity contribution in [2.45, 2.75) is 19.0 Å². The third-order valence-corrected chi connectivity index (χ3v) is 4.29. The maximum absolute atomic E-state index is 12.1. The number of esters is 1. The fraction of sp³-hybridized carbons (Fsp3) is 0.250. The number of carbonyl (C=O) groups excluding carboxylic acids is 1. The van der Waals surface area contributed by atoms with Crippen LogP contribution in [0.25, 0.3) is 11.3 Å². The van der Waals surface area contributed by atoms with Crippen LogP contribution in [0.2, 0.25) is 0 Å². The van der Waals surface area contributed by atoms with Gasteiger partial charge in [-0.1, -0.05) is 30.3 Å². The molecule has 6 nitrogen and oxygen atoms in total. The van der Waals surface area contributed by atoms with Crippen LogP contribution >= 0.6 is 0 Å². The van der Waals surface area contributed by atoms with Gasteiger partial charge >= 0.3 is 5.97 Å². The molecule has 2 heterocycles. The van der Waals surface area contributed by atoms with Crippen molar-refractivity contribution in [2.24, 2.45) is 7.05 Å². The summed E-state index contributed by atoms with van der Waals surface area (Å²) in [5.74, 6) is -0.281. The van der Waals surface area contributed by atoms with Gasteiger partial charge < -0.3 is 4.74 Å². The second-order valence-electron chi connectivity index (χ2n) is 6.02. The summed E-state index contributed by atoms with van der Waals surface area (Å²) >= 11 is 0. The van der Waals surface area contributed by atoms with Gasteiger partial charge in [0.05, 0.1) is 12.8 Å². The second kappa shape index (κ2) is 8.40. The summed E-state index contributed by atoms with van der Waals surface area (Å²) in [6.07, 6.45) is 4.03. The molecule has 0 fully saturated rings. The standard InChI is InChI=1S/C20H22N4O2/c1-24-17(10-12-23-24)13-19(20(25)26-2)22-14-15-6-8-16(9-7-15)18-5-3-4-11-21-18/h3-12,19,22H,13-14H2,1-2H3. The van der Waals surface area contributed by atoms with E-state index in [9.17, 15) is 4.79 Å². The summed E-state index contributed by atoms with van der Waals surface area (Å²) in [5.41, 5.74) is 4.06. The Hall–Kier alpha value is -2.99. The Morgan fingerprint density at radius 3 is 2.58 bits per heavy atom. The van der Waals surface area contributed by atoms with Crippen molar-refractivity contribution in [1.29, 1.82) is 0 Å². The Morgan fingerprint density at radius 1 is 1.15 bits per heavy atom. The molecule has 0 amide bonds. The fourth-order valence-electron chi connectivity index (χ4n) is 2.76. The Kier molecular flexibility index (Phi) is 5.76. The first-order valence-electron chi connectivity index (χ1n) is 8.46. The van der Waals surface area contributed by atoms with Crippen molar-refractivity contribution < 1.29 is 9.53 Å². The number of hydrogen-bond acceptors (Lipinski definition) is 5. The molecule has 1 unspecified atom stereocenters. The minimum Gasteiger partial charge on any atom is -0.468 e. The number of nitrogens with one attached hydrogen (secondary N) is 1. The van der Waals surface area contributed by atoms with Crippen molar-refractivity contribution in [3.63, 3.8) is 0 Å². The van der Waals surface area contributed by atoms with Gasteiger partial charge in [-0.2, -0.15) is 5.10 Å². The molecule has 1 aromatic carbocycles. The van der Waals surface area contributed by atoms with Crippen molar-refractivity contribution in [3.05, 3.63) is 72.2 Å². The number of aryl methyl sites for hydroxylation is 1. The molecule has 1 atom stereocenters. The molecule has 134 valence electrons. The van der Waals surface area contributed by atoms with Gasteiger partial charge in [-0.25, -0.2) is 0 Å². The van der Waals surface area contributed by atoms with Gasteiger partial charge in [0.15, 0.2) is 0 Å². The van der Waals surface area contributed by atoms with Gasteiger partial charge in [0.25, 0.3) is 0 Å². The van der Waals surface area contributed by atoms with Crippen molar-refractivity contribution in [3.8, 4) is 11.3 Å². The Bertz CT molecular complexity index is 844. The summed E-state index contributed by atoms with van der Waals surface area (Å²) in [6, 6.07) is 15.5. The molecule has 0 saturated carbocycles. The van der Waals surface area contributed by atoms with Crippen LogP contribution in [0.5, 0.6) is 0 Å². The Labute approximate surface area is 152 Å². The van der Waals surface area contributed by atoms with E-state index in [1.807, 2.05) is 55.6 Å². The van der Waals surface area contributed by atoms with Crippen LogP contribution in [0.1, 0.15) is 11.3 Å². The van der Waals surface area contributed by atoms with Crippen LogP contribution in [-0.2, 0) is 29.5 Å². The van der Waals surface area contributed by atoms with Gasteiger partial charge in [0.1, 0.15) is 6.04 Å². The van der Waals surface area contributed by atoms with E-state index in [2.05, 4.69) is 15.4 Å². The van der Waals surface area contributed by atoms with Gasteiger partial charge in [0, 0.05) is 43.7 Å². The van der Waals surface area contributed by atoms with E-state index in [0.29, 0.717) is 13.0 Å². The molecule has 6 heteroatoms. The number of pyridine rings is 1. The highest BCUT2D eigenvalue weighted by Gasteiger charge is 2.20. The molecular weight excluding hydrogens is 328 g/mol. The largest absolute Gasteiger partial charge is 0.468 e. The Balaban J connectivity index is 1.65. The minimum atomic E-state index is -0.425. The van der Waals surface area contributed by atoms with Crippen molar-refractivity contribution in [2.75, 3.05) is 7.11 Å². The smallest absolute Gasteiger partial charge is 0.323 e. The average Bonchev–Trinajstić information content (AvgIpc) is 3.10. The zero-order valence-corrected chi connectivity index (χ0v) is 14.9. The summed E-state index contributed by atoms with van der Waals surface area (Å²) in [5, 5.41) is 7.42. The molecule has 0 bridgehead atoms. The summed E-state index contributed by atoms with van der Waals surface area (Å²) in [7, 11) is 3.27. The van der Waals surface area contributed by atoms with Crippen LogP contribution < -0.4 is 5.32 Å². The molecule has 0 aliphatic heterocycles. The summed E-state index contributed by atoms with van der Waals surface area (Å²) < 4.78 is 6.69. The summed E-state index contributed by atoms with van der Waals surface area (Å²) in [6.45, 7) is 0.570. The predicted octanol–water partition coefficient (Wildman–Crippen LogP) is 2.36. The average molecular weight is 350 g/mol. The molecule has 2 aromatic heterocycles. The highest BCUT2D eigenvalue weighted by atomic mass is 16.5. The van der Waals surface area contributed by atoms with Crippen LogP contribution in [0, 0.1) is 0 Å². The monoisotopic (exact) mass is 350 g/mol. The zero-order chi connectivity index (χ0) is 18.4. The number of ether oxygens (including phenoxy) is 1. The van der Waals surface area contributed by atoms with Crippen LogP contribution in [-0.4, -0.2) is 33.9 Å². The van der Waals surface area contributed by atoms with E-state index >= 15 is 0 Å². The van der Waals surface area contributed by atoms with E-state index in [1.165, 1.54) is 7.11 Å². The first-order valence-corrected chi connectivity index (χ1v) is 8.46. The zero-order valence-electron chi connectivity index (χ0n) is 14.9. The number of aromatic nitrogens is 3. The van der Waals surface area contributed by atoms with Gasteiger partial charge in [-0.3, -0.25) is 19.8 Å². The first-order chi connectivity index (χ1) is 12.7. The number of nitrogens with zero attached hydrogens (tertiary/aromatic N) is 3. The maximum atomic E-state index is 12.1. The normalized spacial score (nSPS) is 11.9. The third-order valence-electron chi connectivity index (χ3n) is 4.29. The third kappa shape index (κ3) is 4.34. The lowest BCUT2D eigenvalue weighted by molar-refractivity contribution is -0.143. The van der Waals surface area contributed by atoms with Crippen LogP contribution in [0.15, 0.2) is 60.9 Å². The molecule has 3 rings (SSSR count). The van der Waals surface area contributed by atoms with E-state index in [0.717, 1.165) is 22.5 Å². The molecule has 0 aliphatic carbocycles. The summed E-state index contributed by atoms with van der Waals surface area (Å²) in [4.78, 5) is 16.4. The maximum Gasteiger partial charge on any atom is 0.323 e. The lowest BCUT2D eigenvalue weighted by Crippen LogP contribution is -2.39. The molecule has 0 aliphatic rings. The van der Waals surface area contributed by atoms with E-state index in [-0.39, 0.29) is 5.97 Å². The molecule has 1 N–H and O–H groups in total. The lowest BCUT2D eigenvalue weighted by atomic mass is 10.1. The van der Waals surface area contributed by atoms with E-state index in [1.54, 1.807) is 17.1 Å². The van der Waals surface area contributed by atoms with E-state index < -0.39 is 6.04 Å². The number of methoxy groups -OCH3 is 1. The van der Waals surface area contributed by atoms with Crippen molar-refractivity contribution >= 4 is 5.97 Å². The SMILES string of the molecule is COC(=O)C(Cc1ccnn1C)NCc1ccc(-c2ccccn2)cc1. The molecule has 3 aromatic rings. The lowest BCUT2D eigenvalue weighted by Gasteiger charge is -2.17. The van der Waals surface area contributed by atoms with Gasteiger partial charge in [-0.15, -0.1) is 0 Å². The van der Waals surface area contributed by atoms with Gasteiger partial charge in [-0.05, 0) is 23.8 Å². The number of benzene rings is 1. The number of carbonyl (C=O) groups is 1. The van der Waals surface area contributed by atoms with Crippen LogP contribution in [0.4, 0.5) is 0 Å². The predicted molar refractivity (Wildman–Crippen MR) is 99.2 cm³/mol. The first kappa shape index (κ1) is 17.8. The number of hydrogen-bond donors (Lipinski definition) is 1. The van der Waals surface area contributed by atoms with Gasteiger partial charge in [0.2, 0.25) is 0 Å². The molecular formula is C20H22N4O2. The topological polar surface area (TPSA) is 69.0 Å². The minimum absolute atomic E-state index is 0.281. The van der Waals surface area contributed by atoms with Crippen LogP contribution in [0.3, 0.4) is 0 Å². The molecule has 26 heavy (non-hydrogen) atoms.